The number of fused-ring (bicyclic) bond motifs is 1. The molecule has 1 unspecified atom stereocenters. The van der Waals surface area contributed by atoms with Crippen LogP contribution in [0.5, 0.6) is 5.75 Å². The Labute approximate surface area is 199 Å². The largest absolute Gasteiger partial charge is 0.507 e. The molecule has 0 spiro atoms. The number of thiazole rings is 1. The summed E-state index contributed by atoms with van der Waals surface area (Å²) in [6.45, 7) is 4.68. The van der Waals surface area contributed by atoms with E-state index in [2.05, 4.69) is 18.8 Å². The number of nitrogens with zero attached hydrogens (tertiary/aromatic N) is 2. The van der Waals surface area contributed by atoms with Gasteiger partial charge in [0.05, 0.1) is 28.7 Å². The molecule has 1 N–H and O–H groups in total. The van der Waals surface area contributed by atoms with Crippen LogP contribution in [0.4, 0.5) is 5.13 Å². The van der Waals surface area contributed by atoms with Gasteiger partial charge in [-0.05, 0) is 54.4 Å². The SMILES string of the molecule is CC(C)COc1ccc(/C(O)=C2\C(=O)C(=O)N(c3nc4ccccc4s3)C2c2ccco2)cc1. The third-order valence-corrected chi connectivity index (χ3v) is 6.49. The average Bonchev–Trinajstić information content (AvgIpc) is 3.56. The number of amides is 1. The second-order valence-corrected chi connectivity index (χ2v) is 9.39. The first-order chi connectivity index (χ1) is 16.4. The number of aliphatic hydroxyl groups excluding tert-OH is 1. The molecule has 1 fully saturated rings. The molecule has 1 aliphatic heterocycles. The summed E-state index contributed by atoms with van der Waals surface area (Å²) in [5, 5.41) is 11.5. The quantitative estimate of drug-likeness (QED) is 0.224. The van der Waals surface area contributed by atoms with Gasteiger partial charge in [0.2, 0.25) is 0 Å². The van der Waals surface area contributed by atoms with Gasteiger partial charge in [-0.1, -0.05) is 37.3 Å². The normalized spacial score (nSPS) is 17.7. The Hall–Kier alpha value is -3.91. The number of ketones is 1. The number of aromatic nitrogens is 1. The van der Waals surface area contributed by atoms with Crippen LogP contribution < -0.4 is 9.64 Å². The van der Waals surface area contributed by atoms with Gasteiger partial charge in [0.25, 0.3) is 5.78 Å². The lowest BCUT2D eigenvalue weighted by Crippen LogP contribution is -2.29. The van der Waals surface area contributed by atoms with Crippen LogP contribution in [0, 0.1) is 5.92 Å². The minimum atomic E-state index is -0.938. The summed E-state index contributed by atoms with van der Waals surface area (Å²) in [5.41, 5.74) is 1.07. The Morgan fingerprint density at radius 3 is 2.56 bits per heavy atom. The molecule has 7 nitrogen and oxygen atoms in total. The molecule has 0 bridgehead atoms. The van der Waals surface area contributed by atoms with E-state index in [1.54, 1.807) is 36.4 Å². The van der Waals surface area contributed by atoms with E-state index in [1.165, 1.54) is 22.5 Å². The molecule has 2 aromatic carbocycles. The molecular formula is C26H22N2O5S. The van der Waals surface area contributed by atoms with E-state index in [9.17, 15) is 14.7 Å². The monoisotopic (exact) mass is 474 g/mol. The maximum atomic E-state index is 13.2. The van der Waals surface area contributed by atoms with Crippen molar-refractivity contribution >= 4 is 44.1 Å². The highest BCUT2D eigenvalue weighted by molar-refractivity contribution is 7.22. The molecule has 3 heterocycles. The van der Waals surface area contributed by atoms with Gasteiger partial charge in [-0.15, -0.1) is 0 Å². The summed E-state index contributed by atoms with van der Waals surface area (Å²) in [6.07, 6.45) is 1.47. The minimum Gasteiger partial charge on any atom is -0.507 e. The zero-order valence-corrected chi connectivity index (χ0v) is 19.4. The highest BCUT2D eigenvalue weighted by Gasteiger charge is 2.49. The maximum Gasteiger partial charge on any atom is 0.302 e. The van der Waals surface area contributed by atoms with Crippen LogP contribution >= 0.6 is 11.3 Å². The molecule has 0 radical (unpaired) electrons. The second kappa shape index (κ2) is 8.79. The fraction of sp³-hybridized carbons (Fsp3) is 0.192. The molecule has 2 aromatic heterocycles. The van der Waals surface area contributed by atoms with Crippen LogP contribution in [0.1, 0.15) is 31.2 Å². The second-order valence-electron chi connectivity index (χ2n) is 8.38. The van der Waals surface area contributed by atoms with Crippen molar-refractivity contribution in [3.05, 3.63) is 83.8 Å². The molecule has 0 aliphatic carbocycles. The van der Waals surface area contributed by atoms with E-state index >= 15 is 0 Å². The lowest BCUT2D eigenvalue weighted by molar-refractivity contribution is -0.132. The Kier molecular flexibility index (Phi) is 5.67. The first-order valence-corrected chi connectivity index (χ1v) is 11.7. The van der Waals surface area contributed by atoms with Gasteiger partial charge in [-0.3, -0.25) is 14.5 Å². The van der Waals surface area contributed by atoms with E-state index in [4.69, 9.17) is 9.15 Å². The third kappa shape index (κ3) is 3.86. The summed E-state index contributed by atoms with van der Waals surface area (Å²) in [4.78, 5) is 32.2. The van der Waals surface area contributed by atoms with Gasteiger partial charge in [-0.2, -0.15) is 0 Å². The number of ether oxygens (including phenoxy) is 1. The average molecular weight is 475 g/mol. The van der Waals surface area contributed by atoms with Crippen molar-refractivity contribution in [3.8, 4) is 5.75 Å². The number of Topliss-reactive ketones (excluding diaryl/α,β-unsaturated/α-hetero) is 1. The summed E-state index contributed by atoms with van der Waals surface area (Å²) in [7, 11) is 0. The number of aliphatic hydroxyl groups is 1. The predicted molar refractivity (Wildman–Crippen MR) is 130 cm³/mol. The van der Waals surface area contributed by atoms with Crippen molar-refractivity contribution in [1.29, 1.82) is 0 Å². The Balaban J connectivity index is 1.59. The molecular weight excluding hydrogens is 452 g/mol. The number of benzene rings is 2. The lowest BCUT2D eigenvalue weighted by atomic mass is 9.99. The number of hydrogen-bond acceptors (Lipinski definition) is 7. The van der Waals surface area contributed by atoms with Crippen molar-refractivity contribution in [2.24, 2.45) is 5.92 Å². The molecule has 1 aliphatic rings. The topological polar surface area (TPSA) is 92.9 Å². The molecule has 4 aromatic rings. The van der Waals surface area contributed by atoms with Crippen LogP contribution in [-0.4, -0.2) is 28.4 Å². The highest BCUT2D eigenvalue weighted by atomic mass is 32.1. The van der Waals surface area contributed by atoms with E-state index in [1.807, 2.05) is 24.3 Å². The van der Waals surface area contributed by atoms with Crippen LogP contribution in [0.15, 0.2) is 76.9 Å². The van der Waals surface area contributed by atoms with Crippen molar-refractivity contribution in [2.75, 3.05) is 11.5 Å². The number of furan rings is 1. The highest BCUT2D eigenvalue weighted by Crippen LogP contribution is 2.44. The van der Waals surface area contributed by atoms with Gasteiger partial charge in [0.1, 0.15) is 23.3 Å². The van der Waals surface area contributed by atoms with Gasteiger partial charge in [0, 0.05) is 5.56 Å². The van der Waals surface area contributed by atoms with Crippen LogP contribution in [0.25, 0.3) is 16.0 Å². The molecule has 5 rings (SSSR count). The first kappa shape index (κ1) is 21.9. The maximum absolute atomic E-state index is 13.2. The summed E-state index contributed by atoms with van der Waals surface area (Å²) in [5.74, 6) is -0.449. The molecule has 34 heavy (non-hydrogen) atoms. The first-order valence-electron chi connectivity index (χ1n) is 10.9. The van der Waals surface area contributed by atoms with E-state index in [0.717, 1.165) is 10.2 Å². The predicted octanol–water partition coefficient (Wildman–Crippen LogP) is 5.55. The number of carbonyl (C=O) groups excluding carboxylic acids is 2. The van der Waals surface area contributed by atoms with E-state index < -0.39 is 17.7 Å². The summed E-state index contributed by atoms with van der Waals surface area (Å²) < 4.78 is 12.2. The standard InChI is InChI=1S/C26H22N2O5S/c1-15(2)14-33-17-11-9-16(10-12-17)23(29)21-22(19-7-5-13-32-19)28(25(31)24(21)30)26-27-18-6-3-4-8-20(18)34-26/h3-13,15,22,29H,14H2,1-2H3/b23-21+. The van der Waals surface area contributed by atoms with Crippen molar-refractivity contribution < 1.29 is 23.8 Å². The molecule has 1 amide bonds. The zero-order valence-electron chi connectivity index (χ0n) is 18.6. The van der Waals surface area contributed by atoms with Gasteiger partial charge in [-0.25, -0.2) is 4.98 Å². The van der Waals surface area contributed by atoms with Crippen molar-refractivity contribution in [2.45, 2.75) is 19.9 Å². The van der Waals surface area contributed by atoms with Gasteiger partial charge >= 0.3 is 5.91 Å². The van der Waals surface area contributed by atoms with Crippen molar-refractivity contribution in [1.82, 2.24) is 4.98 Å². The fourth-order valence-electron chi connectivity index (χ4n) is 3.84. The third-order valence-electron chi connectivity index (χ3n) is 5.46. The summed E-state index contributed by atoms with van der Waals surface area (Å²) >= 11 is 1.30. The van der Waals surface area contributed by atoms with Gasteiger partial charge in [0.15, 0.2) is 5.13 Å². The number of carbonyl (C=O) groups is 2. The Bertz CT molecular complexity index is 1350. The van der Waals surface area contributed by atoms with Crippen LogP contribution in [-0.2, 0) is 9.59 Å². The number of hydrogen-bond donors (Lipinski definition) is 1. The number of rotatable bonds is 6. The fourth-order valence-corrected chi connectivity index (χ4v) is 4.83. The van der Waals surface area contributed by atoms with E-state index in [0.29, 0.717) is 34.7 Å². The molecule has 1 saturated heterocycles. The molecule has 8 heteroatoms. The minimum absolute atomic E-state index is 0.0462. The number of anilines is 1. The van der Waals surface area contributed by atoms with Crippen LogP contribution in [0.3, 0.4) is 0 Å². The van der Waals surface area contributed by atoms with E-state index in [-0.39, 0.29) is 11.3 Å². The number of para-hydroxylation sites is 1. The molecule has 1 atom stereocenters. The van der Waals surface area contributed by atoms with Crippen LogP contribution in [0.2, 0.25) is 0 Å². The smallest absolute Gasteiger partial charge is 0.302 e. The van der Waals surface area contributed by atoms with Gasteiger partial charge < -0.3 is 14.3 Å². The molecule has 0 saturated carbocycles. The Morgan fingerprint density at radius 2 is 1.88 bits per heavy atom. The zero-order chi connectivity index (χ0) is 23.8. The Morgan fingerprint density at radius 1 is 1.12 bits per heavy atom. The van der Waals surface area contributed by atoms with Crippen molar-refractivity contribution in [3.63, 3.8) is 0 Å². The lowest BCUT2D eigenvalue weighted by Gasteiger charge is -2.20. The molecule has 172 valence electrons. The summed E-state index contributed by atoms with van der Waals surface area (Å²) in [6, 6.07) is 16.7.